The van der Waals surface area contributed by atoms with Crippen molar-refractivity contribution in [1.82, 2.24) is 4.98 Å². The summed E-state index contributed by atoms with van der Waals surface area (Å²) in [5.74, 6) is 0.527. The molecule has 0 aliphatic heterocycles. The van der Waals surface area contributed by atoms with Gasteiger partial charge in [0, 0.05) is 6.92 Å². The Morgan fingerprint density at radius 2 is 2.14 bits per heavy atom. The van der Waals surface area contributed by atoms with Gasteiger partial charge in [-0.2, -0.15) is 0 Å². The van der Waals surface area contributed by atoms with Crippen molar-refractivity contribution in [2.24, 2.45) is 0 Å². The Hall–Kier alpha value is -1.09. The second kappa shape index (κ2) is 5.28. The fourth-order valence-electron chi connectivity index (χ4n) is 1.77. The maximum absolute atomic E-state index is 12.3. The molecule has 3 aromatic rings. The lowest BCUT2D eigenvalue weighted by molar-refractivity contribution is 0.561. The summed E-state index contributed by atoms with van der Waals surface area (Å²) < 4.78 is 33.1. The standard InChI is InChI=1S/C12H8BrClN2O3S2/c1-6-15-9-4-7(2-3-10(9)19-6)16-21(17,18)11-5-8(14)12(13)20-11/h2-5,16H,1H3. The van der Waals surface area contributed by atoms with Crippen molar-refractivity contribution >= 4 is 65.7 Å². The van der Waals surface area contributed by atoms with Gasteiger partial charge < -0.3 is 4.42 Å². The number of thiophene rings is 1. The van der Waals surface area contributed by atoms with E-state index in [-0.39, 0.29) is 4.21 Å². The van der Waals surface area contributed by atoms with Crippen LogP contribution >= 0.6 is 38.9 Å². The summed E-state index contributed by atoms with van der Waals surface area (Å²) in [6.07, 6.45) is 0. The molecule has 9 heteroatoms. The molecule has 0 fully saturated rings. The van der Waals surface area contributed by atoms with Gasteiger partial charge in [0.1, 0.15) is 9.73 Å². The highest BCUT2D eigenvalue weighted by Crippen LogP contribution is 2.35. The van der Waals surface area contributed by atoms with Crippen LogP contribution in [0.4, 0.5) is 5.69 Å². The van der Waals surface area contributed by atoms with E-state index in [2.05, 4.69) is 25.6 Å². The lowest BCUT2D eigenvalue weighted by Gasteiger charge is -2.05. The summed E-state index contributed by atoms with van der Waals surface area (Å²) in [6.45, 7) is 1.73. The van der Waals surface area contributed by atoms with Crippen LogP contribution in [0.15, 0.2) is 36.7 Å². The van der Waals surface area contributed by atoms with Crippen molar-refractivity contribution in [3.8, 4) is 0 Å². The minimum Gasteiger partial charge on any atom is -0.441 e. The van der Waals surface area contributed by atoms with E-state index in [0.29, 0.717) is 31.5 Å². The summed E-state index contributed by atoms with van der Waals surface area (Å²) in [5.41, 5.74) is 1.62. The molecule has 110 valence electrons. The third-order valence-corrected chi connectivity index (χ3v) is 6.96. The number of nitrogens with zero attached hydrogens (tertiary/aromatic N) is 1. The molecule has 0 spiro atoms. The number of rotatable bonds is 3. The van der Waals surface area contributed by atoms with Crippen molar-refractivity contribution in [2.75, 3.05) is 4.72 Å². The zero-order valence-corrected chi connectivity index (χ0v) is 14.5. The Morgan fingerprint density at radius 1 is 1.38 bits per heavy atom. The van der Waals surface area contributed by atoms with E-state index in [4.69, 9.17) is 16.0 Å². The van der Waals surface area contributed by atoms with Crippen LogP contribution in [0.5, 0.6) is 0 Å². The van der Waals surface area contributed by atoms with Gasteiger partial charge in [-0.15, -0.1) is 11.3 Å². The van der Waals surface area contributed by atoms with Gasteiger partial charge in [-0.1, -0.05) is 11.6 Å². The van der Waals surface area contributed by atoms with Gasteiger partial charge in [-0.25, -0.2) is 13.4 Å². The second-order valence-electron chi connectivity index (χ2n) is 4.21. The highest BCUT2D eigenvalue weighted by atomic mass is 79.9. The van der Waals surface area contributed by atoms with E-state index < -0.39 is 10.0 Å². The number of anilines is 1. The maximum atomic E-state index is 12.3. The summed E-state index contributed by atoms with van der Waals surface area (Å²) in [4.78, 5) is 4.17. The molecule has 3 rings (SSSR count). The zero-order chi connectivity index (χ0) is 15.2. The van der Waals surface area contributed by atoms with Gasteiger partial charge >= 0.3 is 0 Å². The number of nitrogens with one attached hydrogen (secondary N) is 1. The predicted molar refractivity (Wildman–Crippen MR) is 86.6 cm³/mol. The van der Waals surface area contributed by atoms with Gasteiger partial charge in [0.15, 0.2) is 11.5 Å². The number of hydrogen-bond acceptors (Lipinski definition) is 5. The zero-order valence-electron chi connectivity index (χ0n) is 10.6. The summed E-state index contributed by atoms with van der Waals surface area (Å²) >= 11 is 10.1. The number of aryl methyl sites for hydroxylation is 1. The smallest absolute Gasteiger partial charge is 0.271 e. The normalized spacial score (nSPS) is 12.0. The molecule has 0 saturated heterocycles. The molecular weight excluding hydrogens is 400 g/mol. The first-order chi connectivity index (χ1) is 9.85. The van der Waals surface area contributed by atoms with Crippen LogP contribution in [0.3, 0.4) is 0 Å². The Morgan fingerprint density at radius 3 is 2.81 bits per heavy atom. The van der Waals surface area contributed by atoms with Crippen molar-refractivity contribution in [3.05, 3.63) is 39.0 Å². The van der Waals surface area contributed by atoms with Gasteiger partial charge in [0.2, 0.25) is 0 Å². The first kappa shape index (κ1) is 14.8. The lowest BCUT2D eigenvalue weighted by atomic mass is 10.3. The monoisotopic (exact) mass is 406 g/mol. The largest absolute Gasteiger partial charge is 0.441 e. The van der Waals surface area contributed by atoms with Gasteiger partial charge in [-0.3, -0.25) is 4.72 Å². The van der Waals surface area contributed by atoms with Crippen molar-refractivity contribution < 1.29 is 12.8 Å². The average Bonchev–Trinajstić information content (AvgIpc) is 2.91. The number of oxazole rings is 1. The van der Waals surface area contributed by atoms with E-state index in [1.807, 2.05) is 0 Å². The van der Waals surface area contributed by atoms with Crippen molar-refractivity contribution in [3.63, 3.8) is 0 Å². The number of sulfonamides is 1. The molecule has 21 heavy (non-hydrogen) atoms. The van der Waals surface area contributed by atoms with E-state index in [0.717, 1.165) is 11.3 Å². The van der Waals surface area contributed by atoms with Gasteiger partial charge in [-0.05, 0) is 40.2 Å². The predicted octanol–water partition coefficient (Wildman–Crippen LogP) is 4.41. The summed E-state index contributed by atoms with van der Waals surface area (Å²) in [7, 11) is -3.68. The Kier molecular flexibility index (Phi) is 3.73. The summed E-state index contributed by atoms with van der Waals surface area (Å²) in [5, 5.41) is 0.364. The molecule has 2 aromatic heterocycles. The number of hydrogen-bond donors (Lipinski definition) is 1. The number of aromatic nitrogens is 1. The fraction of sp³-hybridized carbons (Fsp3) is 0.0833. The van der Waals surface area contributed by atoms with Crippen LogP contribution < -0.4 is 4.72 Å². The number of fused-ring (bicyclic) bond motifs is 1. The Labute approximate surface area is 138 Å². The first-order valence-electron chi connectivity index (χ1n) is 5.70. The average molecular weight is 408 g/mol. The minimum atomic E-state index is -3.68. The molecule has 0 amide bonds. The maximum Gasteiger partial charge on any atom is 0.271 e. The molecule has 5 nitrogen and oxygen atoms in total. The molecule has 0 saturated carbocycles. The third-order valence-electron chi connectivity index (χ3n) is 2.63. The van der Waals surface area contributed by atoms with Crippen LogP contribution in [0.1, 0.15) is 5.89 Å². The van der Waals surface area contributed by atoms with Crippen LogP contribution in [-0.4, -0.2) is 13.4 Å². The van der Waals surface area contributed by atoms with Crippen LogP contribution in [0, 0.1) is 6.92 Å². The molecule has 0 atom stereocenters. The first-order valence-corrected chi connectivity index (χ1v) is 9.17. The molecule has 0 aliphatic carbocycles. The molecule has 1 N–H and O–H groups in total. The van der Waals surface area contributed by atoms with Crippen LogP contribution in [-0.2, 0) is 10.0 Å². The van der Waals surface area contributed by atoms with Gasteiger partial charge in [0.25, 0.3) is 10.0 Å². The Balaban J connectivity index is 1.96. The quantitative estimate of drug-likeness (QED) is 0.698. The van der Waals surface area contributed by atoms with Crippen LogP contribution in [0.2, 0.25) is 5.02 Å². The van der Waals surface area contributed by atoms with E-state index in [1.165, 1.54) is 6.07 Å². The Bertz CT molecular complexity index is 914. The fourth-order valence-corrected chi connectivity index (χ4v) is 5.22. The van der Waals surface area contributed by atoms with E-state index >= 15 is 0 Å². The molecular formula is C12H8BrClN2O3S2. The van der Waals surface area contributed by atoms with E-state index in [9.17, 15) is 8.42 Å². The molecule has 0 aliphatic rings. The van der Waals surface area contributed by atoms with Crippen LogP contribution in [0.25, 0.3) is 11.1 Å². The molecule has 1 aromatic carbocycles. The van der Waals surface area contributed by atoms with Crippen molar-refractivity contribution in [2.45, 2.75) is 11.1 Å². The highest BCUT2D eigenvalue weighted by Gasteiger charge is 2.19. The second-order valence-corrected chi connectivity index (χ2v) is 8.89. The summed E-state index contributed by atoms with van der Waals surface area (Å²) in [6, 6.07) is 6.31. The number of halogens is 2. The van der Waals surface area contributed by atoms with Crippen molar-refractivity contribution in [1.29, 1.82) is 0 Å². The number of benzene rings is 1. The minimum absolute atomic E-state index is 0.135. The topological polar surface area (TPSA) is 72.2 Å². The highest BCUT2D eigenvalue weighted by molar-refractivity contribution is 9.11. The van der Waals surface area contributed by atoms with E-state index in [1.54, 1.807) is 25.1 Å². The lowest BCUT2D eigenvalue weighted by Crippen LogP contribution is -2.11. The SMILES string of the molecule is Cc1nc2cc(NS(=O)(=O)c3cc(Cl)c(Br)s3)ccc2o1. The molecule has 0 radical (unpaired) electrons. The molecule has 2 heterocycles. The molecule has 0 bridgehead atoms. The van der Waals surface area contributed by atoms with Gasteiger partial charge in [0.05, 0.1) is 14.5 Å². The molecule has 0 unspecified atom stereocenters. The third kappa shape index (κ3) is 2.94.